The zero-order valence-corrected chi connectivity index (χ0v) is 15.9. The molecular formula is C19H19ClN4O3. The lowest BCUT2D eigenvalue weighted by Crippen LogP contribution is -2.02. The molecule has 1 heterocycles. The Morgan fingerprint density at radius 3 is 2.22 bits per heavy atom. The summed E-state index contributed by atoms with van der Waals surface area (Å²) >= 11 is 6.07. The monoisotopic (exact) mass is 386 g/mol. The number of ether oxygens (including phenoxy) is 3. The Bertz CT molecular complexity index is 937. The number of halogens is 1. The molecular weight excluding hydrogens is 368 g/mol. The van der Waals surface area contributed by atoms with E-state index in [0.29, 0.717) is 45.4 Å². The molecule has 0 spiro atoms. The van der Waals surface area contributed by atoms with Gasteiger partial charge in [0.05, 0.1) is 32.7 Å². The lowest BCUT2D eigenvalue weighted by molar-refractivity contribution is 0.405. The van der Waals surface area contributed by atoms with E-state index in [1.807, 2.05) is 12.1 Å². The average Bonchev–Trinajstić information content (AvgIpc) is 2.68. The fraction of sp³-hybridized carbons (Fsp3) is 0.158. The molecule has 0 aliphatic rings. The average molecular weight is 387 g/mol. The van der Waals surface area contributed by atoms with Crippen LogP contribution in [0.1, 0.15) is 0 Å². The number of methoxy groups -OCH3 is 3. The summed E-state index contributed by atoms with van der Waals surface area (Å²) in [5.74, 6) is 2.97. The molecule has 140 valence electrons. The van der Waals surface area contributed by atoms with Crippen LogP contribution in [0, 0.1) is 0 Å². The Hall–Kier alpha value is -3.19. The van der Waals surface area contributed by atoms with E-state index in [-0.39, 0.29) is 0 Å². The van der Waals surface area contributed by atoms with Gasteiger partial charge in [-0.2, -0.15) is 4.98 Å². The van der Waals surface area contributed by atoms with Crippen LogP contribution in [0.5, 0.6) is 17.2 Å². The predicted octanol–water partition coefficient (Wildman–Crippen LogP) is 4.64. The van der Waals surface area contributed by atoms with Crippen molar-refractivity contribution in [1.29, 1.82) is 0 Å². The van der Waals surface area contributed by atoms with Gasteiger partial charge in [0, 0.05) is 17.3 Å². The first kappa shape index (κ1) is 18.6. The van der Waals surface area contributed by atoms with E-state index < -0.39 is 0 Å². The number of nitrogens with zero attached hydrogens (tertiary/aromatic N) is 2. The Kier molecular flexibility index (Phi) is 5.83. The first-order valence-corrected chi connectivity index (χ1v) is 8.43. The van der Waals surface area contributed by atoms with Crippen LogP contribution >= 0.6 is 11.6 Å². The number of rotatable bonds is 7. The molecule has 0 atom stereocenters. The van der Waals surface area contributed by atoms with Gasteiger partial charge in [0.15, 0.2) is 0 Å². The highest BCUT2D eigenvalue weighted by Crippen LogP contribution is 2.32. The molecule has 1 aromatic heterocycles. The van der Waals surface area contributed by atoms with Gasteiger partial charge < -0.3 is 24.8 Å². The van der Waals surface area contributed by atoms with Crippen LogP contribution < -0.4 is 24.8 Å². The van der Waals surface area contributed by atoms with Crippen molar-refractivity contribution in [3.05, 3.63) is 53.7 Å². The van der Waals surface area contributed by atoms with Crippen molar-refractivity contribution in [3.8, 4) is 17.2 Å². The lowest BCUT2D eigenvalue weighted by atomic mass is 10.2. The van der Waals surface area contributed by atoms with Crippen molar-refractivity contribution < 1.29 is 14.2 Å². The third kappa shape index (κ3) is 4.51. The van der Waals surface area contributed by atoms with E-state index in [2.05, 4.69) is 20.6 Å². The smallest absolute Gasteiger partial charge is 0.229 e. The minimum atomic E-state index is 0.396. The highest BCUT2D eigenvalue weighted by molar-refractivity contribution is 6.31. The molecule has 0 saturated heterocycles. The summed E-state index contributed by atoms with van der Waals surface area (Å²) in [6, 6.07) is 12.5. The van der Waals surface area contributed by atoms with E-state index in [4.69, 9.17) is 25.8 Å². The van der Waals surface area contributed by atoms with Gasteiger partial charge in [0.25, 0.3) is 0 Å². The standard InChI is InChI=1S/C19H19ClN4O3/c1-25-13-5-7-17(27-3)15(11-13)23-19-21-9-8-18(24-19)22-14-10-12(20)4-6-16(14)26-2/h4-11H,1-3H3,(H2,21,22,23,24). The van der Waals surface area contributed by atoms with Gasteiger partial charge in [0.1, 0.15) is 23.1 Å². The number of aromatic nitrogens is 2. The maximum Gasteiger partial charge on any atom is 0.229 e. The van der Waals surface area contributed by atoms with E-state index >= 15 is 0 Å². The Morgan fingerprint density at radius 1 is 0.815 bits per heavy atom. The zero-order valence-electron chi connectivity index (χ0n) is 15.1. The molecule has 0 aliphatic heterocycles. The molecule has 7 nitrogen and oxygen atoms in total. The molecule has 0 aliphatic carbocycles. The van der Waals surface area contributed by atoms with Gasteiger partial charge in [-0.05, 0) is 36.4 Å². The molecule has 27 heavy (non-hydrogen) atoms. The second kappa shape index (κ2) is 8.46. The van der Waals surface area contributed by atoms with Gasteiger partial charge in [-0.3, -0.25) is 0 Å². The quantitative estimate of drug-likeness (QED) is 0.612. The first-order chi connectivity index (χ1) is 13.1. The fourth-order valence-corrected chi connectivity index (χ4v) is 2.61. The van der Waals surface area contributed by atoms with Crippen LogP contribution in [0.25, 0.3) is 0 Å². The molecule has 0 radical (unpaired) electrons. The van der Waals surface area contributed by atoms with Gasteiger partial charge in [-0.15, -0.1) is 0 Å². The third-order valence-electron chi connectivity index (χ3n) is 3.73. The fourth-order valence-electron chi connectivity index (χ4n) is 2.44. The molecule has 3 rings (SSSR count). The summed E-state index contributed by atoms with van der Waals surface area (Å²) in [5, 5.41) is 6.91. The van der Waals surface area contributed by atoms with Gasteiger partial charge >= 0.3 is 0 Å². The van der Waals surface area contributed by atoms with E-state index in [1.54, 1.807) is 57.9 Å². The van der Waals surface area contributed by atoms with Crippen LogP contribution in [0.3, 0.4) is 0 Å². The summed E-state index contributed by atoms with van der Waals surface area (Å²) in [5.41, 5.74) is 1.39. The minimum absolute atomic E-state index is 0.396. The van der Waals surface area contributed by atoms with Gasteiger partial charge in [0.2, 0.25) is 5.95 Å². The molecule has 2 aromatic carbocycles. The lowest BCUT2D eigenvalue weighted by Gasteiger charge is -2.13. The maximum absolute atomic E-state index is 6.07. The molecule has 0 unspecified atom stereocenters. The largest absolute Gasteiger partial charge is 0.497 e. The van der Waals surface area contributed by atoms with Gasteiger partial charge in [-0.1, -0.05) is 11.6 Å². The van der Waals surface area contributed by atoms with Crippen molar-refractivity contribution in [3.63, 3.8) is 0 Å². The molecule has 3 aromatic rings. The molecule has 8 heteroatoms. The number of hydrogen-bond acceptors (Lipinski definition) is 7. The van der Waals surface area contributed by atoms with Crippen LogP contribution in [-0.2, 0) is 0 Å². The highest BCUT2D eigenvalue weighted by Gasteiger charge is 2.09. The number of benzene rings is 2. The Labute approximate surface area is 162 Å². The maximum atomic E-state index is 6.07. The summed E-state index contributed by atoms with van der Waals surface area (Å²) in [6.45, 7) is 0. The Morgan fingerprint density at radius 2 is 1.52 bits per heavy atom. The molecule has 0 bridgehead atoms. The number of hydrogen-bond donors (Lipinski definition) is 2. The van der Waals surface area contributed by atoms with Crippen LogP contribution in [0.15, 0.2) is 48.7 Å². The van der Waals surface area contributed by atoms with Crippen molar-refractivity contribution in [2.45, 2.75) is 0 Å². The van der Waals surface area contributed by atoms with E-state index in [0.717, 1.165) is 0 Å². The van der Waals surface area contributed by atoms with Crippen LogP contribution in [0.2, 0.25) is 5.02 Å². The van der Waals surface area contributed by atoms with Crippen LogP contribution in [0.4, 0.5) is 23.1 Å². The normalized spacial score (nSPS) is 10.2. The van der Waals surface area contributed by atoms with Crippen molar-refractivity contribution in [1.82, 2.24) is 9.97 Å². The SMILES string of the molecule is COc1ccc(OC)c(Nc2nccc(Nc3cc(Cl)ccc3OC)n2)c1. The van der Waals surface area contributed by atoms with E-state index in [1.165, 1.54) is 0 Å². The minimum Gasteiger partial charge on any atom is -0.497 e. The predicted molar refractivity (Wildman–Crippen MR) is 106 cm³/mol. The zero-order chi connectivity index (χ0) is 19.2. The summed E-state index contributed by atoms with van der Waals surface area (Å²) in [7, 11) is 4.79. The molecule has 0 fully saturated rings. The molecule has 0 saturated carbocycles. The topological polar surface area (TPSA) is 77.5 Å². The summed E-state index contributed by atoms with van der Waals surface area (Å²) in [4.78, 5) is 8.72. The molecule has 2 N–H and O–H groups in total. The van der Waals surface area contributed by atoms with Crippen molar-refractivity contribution >= 4 is 34.7 Å². The number of anilines is 4. The van der Waals surface area contributed by atoms with Crippen molar-refractivity contribution in [2.75, 3.05) is 32.0 Å². The van der Waals surface area contributed by atoms with E-state index in [9.17, 15) is 0 Å². The second-order valence-corrected chi connectivity index (χ2v) is 5.86. The van der Waals surface area contributed by atoms with Gasteiger partial charge in [-0.25, -0.2) is 4.98 Å². The number of nitrogens with one attached hydrogen (secondary N) is 2. The Balaban J connectivity index is 1.86. The first-order valence-electron chi connectivity index (χ1n) is 8.05. The molecule has 0 amide bonds. The van der Waals surface area contributed by atoms with Crippen molar-refractivity contribution in [2.24, 2.45) is 0 Å². The second-order valence-electron chi connectivity index (χ2n) is 5.43. The van der Waals surface area contributed by atoms with Crippen LogP contribution in [-0.4, -0.2) is 31.3 Å². The highest BCUT2D eigenvalue weighted by atomic mass is 35.5. The summed E-state index contributed by atoms with van der Waals surface area (Å²) in [6.07, 6.45) is 1.64. The summed E-state index contributed by atoms with van der Waals surface area (Å²) < 4.78 is 16.0. The third-order valence-corrected chi connectivity index (χ3v) is 3.97.